The second-order valence-electron chi connectivity index (χ2n) is 7.26. The molecule has 0 saturated carbocycles. The van der Waals surface area contributed by atoms with E-state index in [1.54, 1.807) is 0 Å². The third-order valence-electron chi connectivity index (χ3n) is 4.36. The molecule has 0 aliphatic rings. The lowest BCUT2D eigenvalue weighted by molar-refractivity contribution is -0.149. The minimum absolute atomic E-state index is 0.0630. The number of nitrogens with one attached hydrogen (secondary N) is 1. The first kappa shape index (κ1) is 23.1. The van der Waals surface area contributed by atoms with Gasteiger partial charge in [0.05, 0.1) is 12.8 Å². The SMILES string of the molecule is COC(=O)C(Cc1ccn(C(=O)O)n1)NC(CC(C)C)C(=O)OCc1ccccc1. The average molecular weight is 417 g/mol. The number of ether oxygens (including phenoxy) is 2. The van der Waals surface area contributed by atoms with E-state index in [2.05, 4.69) is 10.4 Å². The highest BCUT2D eigenvalue weighted by Gasteiger charge is 2.29. The second-order valence-corrected chi connectivity index (χ2v) is 7.26. The molecule has 2 unspecified atom stereocenters. The molecule has 9 heteroatoms. The van der Waals surface area contributed by atoms with Crippen LogP contribution >= 0.6 is 0 Å². The molecule has 0 aliphatic heterocycles. The van der Waals surface area contributed by atoms with Crippen LogP contribution in [0.5, 0.6) is 0 Å². The van der Waals surface area contributed by atoms with E-state index in [9.17, 15) is 14.4 Å². The van der Waals surface area contributed by atoms with Crippen molar-refractivity contribution in [3.8, 4) is 0 Å². The predicted molar refractivity (Wildman–Crippen MR) is 108 cm³/mol. The van der Waals surface area contributed by atoms with E-state index in [4.69, 9.17) is 14.6 Å². The Labute approximate surface area is 175 Å². The van der Waals surface area contributed by atoms with Crippen LogP contribution in [0.2, 0.25) is 0 Å². The van der Waals surface area contributed by atoms with Gasteiger partial charge in [-0.05, 0) is 24.0 Å². The van der Waals surface area contributed by atoms with Crippen LogP contribution in [0.25, 0.3) is 0 Å². The molecule has 0 bridgehead atoms. The summed E-state index contributed by atoms with van der Waals surface area (Å²) in [6, 6.07) is 9.17. The number of hydrogen-bond acceptors (Lipinski definition) is 7. The number of carbonyl (C=O) groups is 3. The number of nitrogens with zero attached hydrogens (tertiary/aromatic N) is 2. The molecule has 2 aromatic rings. The van der Waals surface area contributed by atoms with Gasteiger partial charge in [-0.15, -0.1) is 0 Å². The van der Waals surface area contributed by atoms with Crippen LogP contribution in [0.15, 0.2) is 42.6 Å². The van der Waals surface area contributed by atoms with Crippen molar-refractivity contribution < 1.29 is 29.0 Å². The fourth-order valence-corrected chi connectivity index (χ4v) is 2.91. The van der Waals surface area contributed by atoms with E-state index < -0.39 is 30.1 Å². The third kappa shape index (κ3) is 7.00. The van der Waals surface area contributed by atoms with Crippen molar-refractivity contribution in [2.75, 3.05) is 7.11 Å². The number of methoxy groups -OCH3 is 1. The van der Waals surface area contributed by atoms with E-state index in [-0.39, 0.29) is 18.9 Å². The maximum Gasteiger partial charge on any atom is 0.432 e. The monoisotopic (exact) mass is 417 g/mol. The Hall–Kier alpha value is -3.20. The van der Waals surface area contributed by atoms with Crippen molar-refractivity contribution in [1.82, 2.24) is 15.1 Å². The van der Waals surface area contributed by atoms with E-state index >= 15 is 0 Å². The molecular formula is C21H27N3O6. The van der Waals surface area contributed by atoms with E-state index in [0.717, 1.165) is 10.2 Å². The standard InChI is InChI=1S/C21H27N3O6/c1-14(2)11-17(20(26)30-13-15-7-5-4-6-8-15)22-18(19(25)29-3)12-16-9-10-24(23-16)21(27)28/h4-10,14,17-18,22H,11-13H2,1-3H3,(H,27,28). The molecule has 2 N–H and O–H groups in total. The summed E-state index contributed by atoms with van der Waals surface area (Å²) in [6.07, 6.45) is 0.565. The minimum Gasteiger partial charge on any atom is -0.468 e. The van der Waals surface area contributed by atoms with Crippen LogP contribution in [-0.4, -0.2) is 52.1 Å². The summed E-state index contributed by atoms with van der Waals surface area (Å²) in [5, 5.41) is 15.9. The Morgan fingerprint density at radius 1 is 1.10 bits per heavy atom. The number of esters is 2. The topological polar surface area (TPSA) is 120 Å². The van der Waals surface area contributed by atoms with E-state index in [0.29, 0.717) is 12.1 Å². The van der Waals surface area contributed by atoms with Gasteiger partial charge in [-0.25, -0.2) is 4.79 Å². The van der Waals surface area contributed by atoms with Gasteiger partial charge in [-0.3, -0.25) is 14.9 Å². The molecule has 0 saturated heterocycles. The van der Waals surface area contributed by atoms with Gasteiger partial charge in [0.25, 0.3) is 0 Å². The molecule has 9 nitrogen and oxygen atoms in total. The van der Waals surface area contributed by atoms with Gasteiger partial charge in [0, 0.05) is 12.6 Å². The van der Waals surface area contributed by atoms with Crippen molar-refractivity contribution in [1.29, 1.82) is 0 Å². The number of rotatable bonds is 10. The summed E-state index contributed by atoms with van der Waals surface area (Å²) in [5.74, 6) is -0.890. The zero-order chi connectivity index (χ0) is 22.1. The Balaban J connectivity index is 2.10. The molecule has 0 fully saturated rings. The maximum atomic E-state index is 12.7. The van der Waals surface area contributed by atoms with E-state index in [1.165, 1.54) is 19.4 Å². The van der Waals surface area contributed by atoms with Crippen LogP contribution in [-0.2, 0) is 32.1 Å². The van der Waals surface area contributed by atoms with Crippen molar-refractivity contribution in [3.05, 3.63) is 53.9 Å². The smallest absolute Gasteiger partial charge is 0.432 e. The first-order valence-corrected chi connectivity index (χ1v) is 9.62. The molecule has 1 aromatic heterocycles. The number of carboxylic acid groups (broad SMARTS) is 1. The van der Waals surface area contributed by atoms with Crippen molar-refractivity contribution in [2.45, 2.75) is 45.4 Å². The zero-order valence-corrected chi connectivity index (χ0v) is 17.3. The molecule has 162 valence electrons. The Morgan fingerprint density at radius 2 is 1.80 bits per heavy atom. The summed E-state index contributed by atoms with van der Waals surface area (Å²) < 4.78 is 11.0. The van der Waals surface area contributed by atoms with E-state index in [1.807, 2.05) is 44.2 Å². The summed E-state index contributed by atoms with van der Waals surface area (Å²) in [5.41, 5.74) is 1.24. The van der Waals surface area contributed by atoms with Crippen LogP contribution in [0.4, 0.5) is 4.79 Å². The molecule has 0 amide bonds. The molecule has 2 atom stereocenters. The molecule has 0 spiro atoms. The largest absolute Gasteiger partial charge is 0.468 e. The summed E-state index contributed by atoms with van der Waals surface area (Å²) >= 11 is 0. The molecular weight excluding hydrogens is 390 g/mol. The van der Waals surface area contributed by atoms with Crippen LogP contribution < -0.4 is 5.32 Å². The molecule has 0 aliphatic carbocycles. The molecule has 2 rings (SSSR count). The number of carbonyl (C=O) groups excluding carboxylic acids is 2. The van der Waals surface area contributed by atoms with Crippen molar-refractivity contribution in [3.63, 3.8) is 0 Å². The fraction of sp³-hybridized carbons (Fsp3) is 0.429. The van der Waals surface area contributed by atoms with Crippen molar-refractivity contribution in [2.24, 2.45) is 5.92 Å². The Kier molecular flexibility index (Phi) is 8.54. The first-order chi connectivity index (χ1) is 14.3. The van der Waals surface area contributed by atoms with Crippen LogP contribution in [0.1, 0.15) is 31.5 Å². The van der Waals surface area contributed by atoms with Crippen LogP contribution in [0, 0.1) is 5.92 Å². The second kappa shape index (κ2) is 11.1. The first-order valence-electron chi connectivity index (χ1n) is 9.62. The maximum absolute atomic E-state index is 12.7. The number of aromatic nitrogens is 2. The minimum atomic E-state index is -1.23. The fourth-order valence-electron chi connectivity index (χ4n) is 2.91. The number of hydrogen-bond donors (Lipinski definition) is 2. The molecule has 30 heavy (non-hydrogen) atoms. The summed E-state index contributed by atoms with van der Waals surface area (Å²) in [6.45, 7) is 4.05. The molecule has 1 aromatic carbocycles. The lowest BCUT2D eigenvalue weighted by Crippen LogP contribution is -2.49. The molecule has 1 heterocycles. The zero-order valence-electron chi connectivity index (χ0n) is 17.3. The van der Waals surface area contributed by atoms with Gasteiger partial charge in [-0.1, -0.05) is 44.2 Å². The lowest BCUT2D eigenvalue weighted by Gasteiger charge is -2.24. The quantitative estimate of drug-likeness (QED) is 0.565. The van der Waals surface area contributed by atoms with Crippen molar-refractivity contribution >= 4 is 18.0 Å². The van der Waals surface area contributed by atoms with Gasteiger partial charge in [-0.2, -0.15) is 9.78 Å². The highest BCUT2D eigenvalue weighted by molar-refractivity contribution is 5.80. The summed E-state index contributed by atoms with van der Waals surface area (Å²) in [4.78, 5) is 36.0. The average Bonchev–Trinajstić information content (AvgIpc) is 3.19. The summed E-state index contributed by atoms with van der Waals surface area (Å²) in [7, 11) is 1.25. The Bertz CT molecular complexity index is 849. The number of benzene rings is 1. The normalized spacial score (nSPS) is 12.9. The third-order valence-corrected chi connectivity index (χ3v) is 4.36. The Morgan fingerprint density at radius 3 is 2.37 bits per heavy atom. The highest BCUT2D eigenvalue weighted by Crippen LogP contribution is 2.12. The predicted octanol–water partition coefficient (Wildman–Crippen LogP) is 2.24. The van der Waals surface area contributed by atoms with Gasteiger partial charge >= 0.3 is 18.0 Å². The van der Waals surface area contributed by atoms with Gasteiger partial charge < -0.3 is 14.6 Å². The highest BCUT2D eigenvalue weighted by atomic mass is 16.5. The van der Waals surface area contributed by atoms with Gasteiger partial charge in [0.15, 0.2) is 0 Å². The van der Waals surface area contributed by atoms with Gasteiger partial charge in [0.2, 0.25) is 0 Å². The van der Waals surface area contributed by atoms with Crippen LogP contribution in [0.3, 0.4) is 0 Å². The molecule has 0 radical (unpaired) electrons. The van der Waals surface area contributed by atoms with Gasteiger partial charge in [0.1, 0.15) is 18.7 Å². The lowest BCUT2D eigenvalue weighted by atomic mass is 10.0.